The van der Waals surface area contributed by atoms with Crippen LogP contribution in [0.4, 0.5) is 0 Å². The number of carboxylic acid groups (broad SMARTS) is 1. The second-order valence-electron chi connectivity index (χ2n) is 6.08. The van der Waals surface area contributed by atoms with Gasteiger partial charge >= 0.3 is 5.97 Å². The van der Waals surface area contributed by atoms with E-state index in [1.165, 1.54) is 64.2 Å². The lowest BCUT2D eigenvalue weighted by molar-refractivity contribution is -0.137. The predicted molar refractivity (Wildman–Crippen MR) is 96.2 cm³/mol. The first-order valence-corrected chi connectivity index (χ1v) is 9.29. The van der Waals surface area contributed by atoms with Crippen molar-refractivity contribution in [2.24, 2.45) is 0 Å². The molecule has 0 aliphatic rings. The van der Waals surface area contributed by atoms with Crippen molar-refractivity contribution in [2.75, 3.05) is 0 Å². The predicted octanol–water partition coefficient (Wildman–Crippen LogP) is 6.66. The highest BCUT2D eigenvalue weighted by Gasteiger charge is 1.96. The molecule has 0 aromatic rings. The molecule has 0 amide bonds. The first kappa shape index (κ1) is 20.9. The van der Waals surface area contributed by atoms with Gasteiger partial charge in [-0.1, -0.05) is 76.2 Å². The van der Waals surface area contributed by atoms with Gasteiger partial charge in [0.05, 0.1) is 0 Å². The summed E-state index contributed by atoms with van der Waals surface area (Å²) < 4.78 is 0. The second kappa shape index (κ2) is 18.0. The normalized spacial score (nSPS) is 11.7. The Kier molecular flexibility index (Phi) is 17.1. The molecule has 0 unspecified atom stereocenters. The second-order valence-corrected chi connectivity index (χ2v) is 6.08. The fraction of sp³-hybridized carbons (Fsp3) is 0.750. The average molecular weight is 309 g/mol. The molecule has 0 aliphatic heterocycles. The Morgan fingerprint density at radius 3 is 1.77 bits per heavy atom. The number of unbranched alkanes of at least 4 members (excludes halogenated alkanes) is 10. The van der Waals surface area contributed by atoms with E-state index in [1.807, 2.05) is 0 Å². The van der Waals surface area contributed by atoms with E-state index in [9.17, 15) is 4.79 Å². The Bertz CT molecular complexity index is 292. The van der Waals surface area contributed by atoms with Gasteiger partial charge in [0.1, 0.15) is 0 Å². The van der Waals surface area contributed by atoms with Gasteiger partial charge in [0.2, 0.25) is 0 Å². The van der Waals surface area contributed by atoms with Crippen molar-refractivity contribution in [1.82, 2.24) is 0 Å². The van der Waals surface area contributed by atoms with Crippen LogP contribution in [0.15, 0.2) is 24.3 Å². The Balaban J connectivity index is 3.15. The van der Waals surface area contributed by atoms with Crippen LogP contribution in [0.2, 0.25) is 0 Å². The molecule has 0 radical (unpaired) electrons. The third kappa shape index (κ3) is 18.9. The highest BCUT2D eigenvalue weighted by molar-refractivity contribution is 5.66. The third-order valence-corrected chi connectivity index (χ3v) is 3.84. The Morgan fingerprint density at radius 2 is 1.23 bits per heavy atom. The van der Waals surface area contributed by atoms with Crippen molar-refractivity contribution < 1.29 is 9.90 Å². The molecule has 128 valence electrons. The molecule has 0 atom stereocenters. The minimum atomic E-state index is -0.664. The topological polar surface area (TPSA) is 37.3 Å². The fourth-order valence-corrected chi connectivity index (χ4v) is 2.44. The smallest absolute Gasteiger partial charge is 0.303 e. The average Bonchev–Trinajstić information content (AvgIpc) is 2.50. The first-order chi connectivity index (χ1) is 10.8. The van der Waals surface area contributed by atoms with Crippen LogP contribution in [0, 0.1) is 0 Å². The van der Waals surface area contributed by atoms with Gasteiger partial charge in [0.15, 0.2) is 0 Å². The zero-order chi connectivity index (χ0) is 16.3. The van der Waals surface area contributed by atoms with E-state index in [4.69, 9.17) is 5.11 Å². The summed E-state index contributed by atoms with van der Waals surface area (Å²) in [4.78, 5) is 10.3. The molecule has 0 saturated carbocycles. The maximum absolute atomic E-state index is 10.3. The SMILES string of the molecule is CCCCC/C=C/C/C=C/CCCCCCCCCC(=O)O. The lowest BCUT2D eigenvalue weighted by Gasteiger charge is -2.00. The van der Waals surface area contributed by atoms with Gasteiger partial charge in [-0.25, -0.2) is 0 Å². The van der Waals surface area contributed by atoms with E-state index in [0.717, 1.165) is 19.3 Å². The van der Waals surface area contributed by atoms with E-state index in [-0.39, 0.29) is 0 Å². The summed E-state index contributed by atoms with van der Waals surface area (Å²) in [6.45, 7) is 2.24. The summed E-state index contributed by atoms with van der Waals surface area (Å²) in [5, 5.41) is 8.53. The lowest BCUT2D eigenvalue weighted by Crippen LogP contribution is -1.93. The molecule has 0 aromatic heterocycles. The third-order valence-electron chi connectivity index (χ3n) is 3.84. The highest BCUT2D eigenvalue weighted by atomic mass is 16.4. The van der Waals surface area contributed by atoms with E-state index < -0.39 is 5.97 Å². The van der Waals surface area contributed by atoms with Gasteiger partial charge in [-0.2, -0.15) is 0 Å². The fourth-order valence-electron chi connectivity index (χ4n) is 2.44. The van der Waals surface area contributed by atoms with Gasteiger partial charge in [-0.15, -0.1) is 0 Å². The highest BCUT2D eigenvalue weighted by Crippen LogP contribution is 2.10. The number of aliphatic carboxylic acids is 1. The minimum absolute atomic E-state index is 0.331. The molecule has 0 saturated heterocycles. The Labute approximate surface area is 137 Å². The summed E-state index contributed by atoms with van der Waals surface area (Å²) in [7, 11) is 0. The summed E-state index contributed by atoms with van der Waals surface area (Å²) in [5.41, 5.74) is 0. The molecule has 0 aliphatic carbocycles. The van der Waals surface area contributed by atoms with E-state index in [2.05, 4.69) is 31.2 Å². The standard InChI is InChI=1S/C20H36O2/c1-2-3-4-5-6-7-8-9-10-11-12-13-14-15-16-17-18-19-20(21)22/h6-7,9-10H,2-5,8,11-19H2,1H3,(H,21,22)/b7-6+,10-9+. The van der Waals surface area contributed by atoms with Crippen molar-refractivity contribution in [3.63, 3.8) is 0 Å². The van der Waals surface area contributed by atoms with Crippen LogP contribution < -0.4 is 0 Å². The van der Waals surface area contributed by atoms with Crippen LogP contribution in [-0.2, 0) is 4.79 Å². The number of hydrogen-bond acceptors (Lipinski definition) is 1. The molecule has 2 heteroatoms. The molecule has 0 rings (SSSR count). The lowest BCUT2D eigenvalue weighted by atomic mass is 10.1. The maximum atomic E-state index is 10.3. The number of carboxylic acids is 1. The van der Waals surface area contributed by atoms with Crippen LogP contribution in [0.5, 0.6) is 0 Å². The van der Waals surface area contributed by atoms with Crippen LogP contribution in [0.25, 0.3) is 0 Å². The summed E-state index contributed by atoms with van der Waals surface area (Å²) in [6.07, 6.45) is 25.2. The number of rotatable bonds is 16. The summed E-state index contributed by atoms with van der Waals surface area (Å²) >= 11 is 0. The van der Waals surface area contributed by atoms with Crippen molar-refractivity contribution in [2.45, 2.75) is 96.8 Å². The molecule has 0 heterocycles. The molecule has 0 spiro atoms. The monoisotopic (exact) mass is 308 g/mol. The molecule has 0 aromatic carbocycles. The van der Waals surface area contributed by atoms with Crippen LogP contribution in [-0.4, -0.2) is 11.1 Å². The van der Waals surface area contributed by atoms with Gasteiger partial charge in [-0.3, -0.25) is 4.79 Å². The number of hydrogen-bond donors (Lipinski definition) is 1. The first-order valence-electron chi connectivity index (χ1n) is 9.29. The van der Waals surface area contributed by atoms with Gasteiger partial charge in [-0.05, 0) is 38.5 Å². The van der Waals surface area contributed by atoms with E-state index in [0.29, 0.717) is 6.42 Å². The molecular weight excluding hydrogens is 272 g/mol. The Hall–Kier alpha value is -1.05. The van der Waals surface area contributed by atoms with E-state index in [1.54, 1.807) is 0 Å². The number of carbonyl (C=O) groups is 1. The van der Waals surface area contributed by atoms with Crippen molar-refractivity contribution >= 4 is 5.97 Å². The Morgan fingerprint density at radius 1 is 0.727 bits per heavy atom. The molecule has 22 heavy (non-hydrogen) atoms. The molecule has 2 nitrogen and oxygen atoms in total. The zero-order valence-electron chi connectivity index (χ0n) is 14.6. The quantitative estimate of drug-likeness (QED) is 0.255. The zero-order valence-corrected chi connectivity index (χ0v) is 14.6. The van der Waals surface area contributed by atoms with E-state index >= 15 is 0 Å². The van der Waals surface area contributed by atoms with Crippen molar-refractivity contribution in [3.8, 4) is 0 Å². The summed E-state index contributed by atoms with van der Waals surface area (Å²) in [5.74, 6) is -0.664. The van der Waals surface area contributed by atoms with Gasteiger partial charge in [0, 0.05) is 6.42 Å². The minimum Gasteiger partial charge on any atom is -0.481 e. The van der Waals surface area contributed by atoms with Crippen LogP contribution in [0.3, 0.4) is 0 Å². The molecular formula is C20H36O2. The van der Waals surface area contributed by atoms with Gasteiger partial charge < -0.3 is 5.11 Å². The van der Waals surface area contributed by atoms with Crippen LogP contribution in [0.1, 0.15) is 96.8 Å². The van der Waals surface area contributed by atoms with Crippen molar-refractivity contribution in [1.29, 1.82) is 0 Å². The van der Waals surface area contributed by atoms with Crippen LogP contribution >= 0.6 is 0 Å². The van der Waals surface area contributed by atoms with Gasteiger partial charge in [0.25, 0.3) is 0 Å². The molecule has 1 N–H and O–H groups in total. The molecule has 0 fully saturated rings. The van der Waals surface area contributed by atoms with Crippen molar-refractivity contribution in [3.05, 3.63) is 24.3 Å². The number of allylic oxidation sites excluding steroid dienone is 4. The summed E-state index contributed by atoms with van der Waals surface area (Å²) in [6, 6.07) is 0. The maximum Gasteiger partial charge on any atom is 0.303 e. The molecule has 0 bridgehead atoms. The largest absolute Gasteiger partial charge is 0.481 e.